The maximum atomic E-state index is 5.75. The predicted molar refractivity (Wildman–Crippen MR) is 84.2 cm³/mol. The molecule has 1 aromatic heterocycles. The summed E-state index contributed by atoms with van der Waals surface area (Å²) in [6, 6.07) is 11.6. The average molecular weight is 357 g/mol. The lowest BCUT2D eigenvalue weighted by molar-refractivity contribution is 0.625. The topological polar surface area (TPSA) is 68.2 Å². The molecule has 0 amide bonds. The third-order valence-corrected chi connectivity index (χ3v) is 2.22. The molecule has 0 aliphatic rings. The third kappa shape index (κ3) is 4.74. The lowest BCUT2D eigenvalue weighted by atomic mass is 10.3. The van der Waals surface area contributed by atoms with Crippen LogP contribution in [0.2, 0.25) is 0 Å². The highest BCUT2D eigenvalue weighted by Crippen LogP contribution is 2.03. The minimum absolute atomic E-state index is 0. The Balaban J connectivity index is 0.00000162. The summed E-state index contributed by atoms with van der Waals surface area (Å²) in [7, 11) is 0. The number of nitrogens with one attached hydrogen (secondary N) is 1. The molecule has 18 heavy (non-hydrogen) atoms. The lowest BCUT2D eigenvalue weighted by Crippen LogP contribution is -2.23. The Bertz CT molecular complexity index is 466. The zero-order chi connectivity index (χ0) is 11.9. The van der Waals surface area contributed by atoms with E-state index in [0.717, 1.165) is 12.2 Å². The largest absolute Gasteiger partial charge is 0.370 e. The fraction of sp³-hybridized carbons (Fsp3) is 0.167. The summed E-state index contributed by atoms with van der Waals surface area (Å²) in [5.41, 5.74) is 6.69. The standard InChI is InChI=1S/C12H15N5.HI/c13-12(16-11-5-2-1-3-6-11)14-8-10-17-9-4-7-15-17;/h1-7,9H,8,10H2,(H3,13,14,16);1H. The van der Waals surface area contributed by atoms with Crippen molar-refractivity contribution in [2.24, 2.45) is 10.7 Å². The van der Waals surface area contributed by atoms with Crippen molar-refractivity contribution in [3.8, 4) is 0 Å². The quantitative estimate of drug-likeness (QED) is 0.499. The Morgan fingerprint density at radius 3 is 2.72 bits per heavy atom. The van der Waals surface area contributed by atoms with E-state index < -0.39 is 0 Å². The molecule has 0 saturated heterocycles. The second kappa shape index (κ2) is 7.70. The smallest absolute Gasteiger partial charge is 0.193 e. The van der Waals surface area contributed by atoms with Crippen LogP contribution in [0, 0.1) is 0 Å². The minimum atomic E-state index is 0. The number of rotatable bonds is 4. The number of guanidine groups is 1. The van der Waals surface area contributed by atoms with Crippen LogP contribution >= 0.6 is 24.0 Å². The molecular formula is C12H16IN5. The summed E-state index contributed by atoms with van der Waals surface area (Å²) < 4.78 is 1.82. The average Bonchev–Trinajstić information content (AvgIpc) is 2.83. The van der Waals surface area contributed by atoms with Crippen molar-refractivity contribution in [2.75, 3.05) is 11.9 Å². The second-order valence-corrected chi connectivity index (χ2v) is 3.53. The van der Waals surface area contributed by atoms with Crippen LogP contribution in [-0.2, 0) is 6.54 Å². The van der Waals surface area contributed by atoms with Gasteiger partial charge < -0.3 is 11.1 Å². The highest BCUT2D eigenvalue weighted by Gasteiger charge is 1.93. The molecule has 0 saturated carbocycles. The van der Waals surface area contributed by atoms with Crippen molar-refractivity contribution in [1.82, 2.24) is 9.78 Å². The predicted octanol–water partition coefficient (Wildman–Crippen LogP) is 1.93. The van der Waals surface area contributed by atoms with Gasteiger partial charge in [0.15, 0.2) is 5.96 Å². The molecule has 2 aromatic rings. The van der Waals surface area contributed by atoms with Gasteiger partial charge in [0, 0.05) is 18.1 Å². The van der Waals surface area contributed by atoms with E-state index in [1.54, 1.807) is 6.20 Å². The first-order valence-electron chi connectivity index (χ1n) is 5.44. The molecule has 5 nitrogen and oxygen atoms in total. The third-order valence-electron chi connectivity index (χ3n) is 2.22. The highest BCUT2D eigenvalue weighted by atomic mass is 127. The van der Waals surface area contributed by atoms with Gasteiger partial charge in [0.2, 0.25) is 0 Å². The number of hydrogen-bond acceptors (Lipinski definition) is 2. The Morgan fingerprint density at radius 1 is 1.28 bits per heavy atom. The fourth-order valence-electron chi connectivity index (χ4n) is 1.41. The van der Waals surface area contributed by atoms with E-state index in [-0.39, 0.29) is 24.0 Å². The van der Waals surface area contributed by atoms with Crippen LogP contribution in [0.5, 0.6) is 0 Å². The number of nitrogens with two attached hydrogens (primary N) is 1. The molecule has 0 atom stereocenters. The molecule has 0 spiro atoms. The van der Waals surface area contributed by atoms with E-state index in [1.807, 2.05) is 47.3 Å². The monoisotopic (exact) mass is 357 g/mol. The van der Waals surface area contributed by atoms with E-state index in [9.17, 15) is 0 Å². The molecule has 2 rings (SSSR count). The zero-order valence-electron chi connectivity index (χ0n) is 9.86. The van der Waals surface area contributed by atoms with Gasteiger partial charge in [-0.15, -0.1) is 24.0 Å². The highest BCUT2D eigenvalue weighted by molar-refractivity contribution is 14.0. The number of para-hydroxylation sites is 1. The van der Waals surface area contributed by atoms with Gasteiger partial charge in [-0.05, 0) is 18.2 Å². The normalized spacial score (nSPS) is 10.8. The summed E-state index contributed by atoms with van der Waals surface area (Å²) in [4.78, 5) is 4.22. The number of aromatic nitrogens is 2. The summed E-state index contributed by atoms with van der Waals surface area (Å²) in [6.07, 6.45) is 3.64. The van der Waals surface area contributed by atoms with E-state index in [1.165, 1.54) is 0 Å². The zero-order valence-corrected chi connectivity index (χ0v) is 12.2. The first-order valence-corrected chi connectivity index (χ1v) is 5.44. The van der Waals surface area contributed by atoms with E-state index in [4.69, 9.17) is 5.73 Å². The summed E-state index contributed by atoms with van der Waals surface area (Å²) in [6.45, 7) is 1.33. The van der Waals surface area contributed by atoms with Crippen molar-refractivity contribution in [2.45, 2.75) is 6.54 Å². The van der Waals surface area contributed by atoms with Gasteiger partial charge in [0.05, 0.1) is 13.1 Å². The molecule has 1 heterocycles. The number of hydrogen-bond donors (Lipinski definition) is 2. The molecule has 3 N–H and O–H groups in total. The van der Waals surface area contributed by atoms with Gasteiger partial charge in [0.25, 0.3) is 0 Å². The Hall–Kier alpha value is -1.57. The molecule has 96 valence electrons. The van der Waals surface area contributed by atoms with Gasteiger partial charge >= 0.3 is 0 Å². The summed E-state index contributed by atoms with van der Waals surface area (Å²) >= 11 is 0. The second-order valence-electron chi connectivity index (χ2n) is 3.53. The minimum Gasteiger partial charge on any atom is -0.370 e. The molecule has 0 bridgehead atoms. The van der Waals surface area contributed by atoms with Gasteiger partial charge in [-0.25, -0.2) is 0 Å². The van der Waals surface area contributed by atoms with Crippen LogP contribution in [0.25, 0.3) is 0 Å². The van der Waals surface area contributed by atoms with Crippen LogP contribution in [0.1, 0.15) is 0 Å². The summed E-state index contributed by atoms with van der Waals surface area (Å²) in [5.74, 6) is 0.420. The number of benzene rings is 1. The Labute approximate surface area is 123 Å². The summed E-state index contributed by atoms with van der Waals surface area (Å²) in [5, 5.41) is 7.10. The maximum absolute atomic E-state index is 5.75. The molecule has 0 fully saturated rings. The van der Waals surface area contributed by atoms with Crippen LogP contribution < -0.4 is 11.1 Å². The maximum Gasteiger partial charge on any atom is 0.193 e. The first kappa shape index (κ1) is 14.5. The van der Waals surface area contributed by atoms with Crippen molar-refractivity contribution < 1.29 is 0 Å². The van der Waals surface area contributed by atoms with Gasteiger partial charge in [-0.1, -0.05) is 18.2 Å². The Morgan fingerprint density at radius 2 is 2.06 bits per heavy atom. The van der Waals surface area contributed by atoms with Crippen LogP contribution in [0.4, 0.5) is 5.69 Å². The van der Waals surface area contributed by atoms with Crippen molar-refractivity contribution in [1.29, 1.82) is 0 Å². The van der Waals surface area contributed by atoms with Crippen LogP contribution in [-0.4, -0.2) is 22.3 Å². The molecule has 0 unspecified atom stereocenters. The molecule has 0 radical (unpaired) electrons. The molecule has 0 aliphatic heterocycles. The van der Waals surface area contributed by atoms with Gasteiger partial charge in [0.1, 0.15) is 0 Å². The SMILES string of the molecule is I.NC(=NCCn1cccn1)Nc1ccccc1. The van der Waals surface area contributed by atoms with Crippen LogP contribution in [0.3, 0.4) is 0 Å². The molecular weight excluding hydrogens is 341 g/mol. The molecule has 6 heteroatoms. The number of nitrogens with zero attached hydrogens (tertiary/aromatic N) is 3. The van der Waals surface area contributed by atoms with E-state index in [2.05, 4.69) is 15.4 Å². The van der Waals surface area contributed by atoms with Crippen molar-refractivity contribution in [3.05, 3.63) is 48.8 Å². The Kier molecular flexibility index (Phi) is 6.20. The number of aliphatic imine (C=N–C) groups is 1. The van der Waals surface area contributed by atoms with Crippen molar-refractivity contribution >= 4 is 35.6 Å². The van der Waals surface area contributed by atoms with Gasteiger partial charge in [-0.3, -0.25) is 9.67 Å². The van der Waals surface area contributed by atoms with Crippen molar-refractivity contribution in [3.63, 3.8) is 0 Å². The first-order chi connectivity index (χ1) is 8.34. The fourth-order valence-corrected chi connectivity index (χ4v) is 1.41. The molecule has 1 aromatic carbocycles. The van der Waals surface area contributed by atoms with E-state index >= 15 is 0 Å². The van der Waals surface area contributed by atoms with Crippen LogP contribution in [0.15, 0.2) is 53.8 Å². The van der Waals surface area contributed by atoms with E-state index in [0.29, 0.717) is 12.5 Å². The van der Waals surface area contributed by atoms with Gasteiger partial charge in [-0.2, -0.15) is 5.10 Å². The number of anilines is 1. The lowest BCUT2D eigenvalue weighted by Gasteiger charge is -2.05. The number of halogens is 1. The molecule has 0 aliphatic carbocycles.